The normalized spacial score (nSPS) is 15.7. The first-order valence-corrected chi connectivity index (χ1v) is 4.08. The van der Waals surface area contributed by atoms with Crippen molar-refractivity contribution >= 4 is 5.90 Å². The standard InChI is InChI=1S/C9H9N2O2/c12-10-11-6-7-13-9(11)8-4-2-1-3-5-8/h1-5H,6-7H2/q+1. The Bertz CT molecular complexity index is 346. The van der Waals surface area contributed by atoms with Gasteiger partial charge in [-0.1, -0.05) is 23.1 Å². The van der Waals surface area contributed by atoms with Crippen molar-refractivity contribution in [2.75, 3.05) is 13.2 Å². The number of ether oxygens (including phenoxy) is 1. The van der Waals surface area contributed by atoms with Crippen LogP contribution in [0.25, 0.3) is 0 Å². The highest BCUT2D eigenvalue weighted by Gasteiger charge is 2.27. The molecule has 0 spiro atoms. The minimum Gasteiger partial charge on any atom is -0.435 e. The zero-order chi connectivity index (χ0) is 9.10. The van der Waals surface area contributed by atoms with E-state index in [-0.39, 0.29) is 0 Å². The molecule has 1 aliphatic rings. The fraction of sp³-hybridized carbons (Fsp3) is 0.222. The molecule has 1 aliphatic heterocycles. The highest BCUT2D eigenvalue weighted by molar-refractivity contribution is 5.90. The molecular weight excluding hydrogens is 168 g/mol. The molecule has 1 aromatic carbocycles. The molecule has 0 aromatic heterocycles. The predicted octanol–water partition coefficient (Wildman–Crippen LogP) is 1.16. The lowest BCUT2D eigenvalue weighted by molar-refractivity contribution is -0.525. The SMILES string of the molecule is O=N[N+]1=C(c2ccccc2)OCC1. The van der Waals surface area contributed by atoms with E-state index in [0.29, 0.717) is 19.0 Å². The highest BCUT2D eigenvalue weighted by atomic mass is 16.5. The van der Waals surface area contributed by atoms with E-state index in [1.165, 1.54) is 4.68 Å². The first kappa shape index (κ1) is 7.91. The van der Waals surface area contributed by atoms with Crippen molar-refractivity contribution < 1.29 is 9.42 Å². The van der Waals surface area contributed by atoms with Gasteiger partial charge in [-0.3, -0.25) is 0 Å². The minimum absolute atomic E-state index is 0.524. The largest absolute Gasteiger partial charge is 0.435 e. The molecule has 0 bridgehead atoms. The van der Waals surface area contributed by atoms with Crippen LogP contribution in [0, 0.1) is 4.91 Å². The van der Waals surface area contributed by atoms with Crippen LogP contribution in [0.1, 0.15) is 5.56 Å². The Balaban J connectivity index is 2.41. The van der Waals surface area contributed by atoms with Gasteiger partial charge in [-0.2, -0.15) is 0 Å². The zero-order valence-corrected chi connectivity index (χ0v) is 7.01. The molecule has 4 nitrogen and oxygen atoms in total. The van der Waals surface area contributed by atoms with E-state index in [1.54, 1.807) is 0 Å². The monoisotopic (exact) mass is 177 g/mol. The number of benzene rings is 1. The Kier molecular flexibility index (Phi) is 2.04. The van der Waals surface area contributed by atoms with Crippen LogP contribution in [-0.2, 0) is 4.74 Å². The average molecular weight is 177 g/mol. The maximum atomic E-state index is 10.4. The van der Waals surface area contributed by atoms with E-state index < -0.39 is 0 Å². The van der Waals surface area contributed by atoms with E-state index in [4.69, 9.17) is 4.74 Å². The van der Waals surface area contributed by atoms with Gasteiger partial charge in [0.05, 0.1) is 5.56 Å². The van der Waals surface area contributed by atoms with Crippen LogP contribution in [0.5, 0.6) is 0 Å². The summed E-state index contributed by atoms with van der Waals surface area (Å²) in [4.78, 5) is 10.4. The van der Waals surface area contributed by atoms with Gasteiger partial charge in [-0.25, -0.2) is 0 Å². The smallest absolute Gasteiger partial charge is 0.404 e. The van der Waals surface area contributed by atoms with E-state index in [2.05, 4.69) is 5.29 Å². The third-order valence-corrected chi connectivity index (χ3v) is 1.90. The molecule has 66 valence electrons. The predicted molar refractivity (Wildman–Crippen MR) is 47.4 cm³/mol. The number of hydrogen-bond acceptors (Lipinski definition) is 3. The van der Waals surface area contributed by atoms with Crippen LogP contribution < -0.4 is 0 Å². The minimum atomic E-state index is 0.524. The topological polar surface area (TPSA) is 41.7 Å². The highest BCUT2D eigenvalue weighted by Crippen LogP contribution is 2.06. The molecule has 13 heavy (non-hydrogen) atoms. The molecule has 0 unspecified atom stereocenters. The molecule has 0 fully saturated rings. The number of nitroso groups, excluding NO2 is 1. The lowest BCUT2D eigenvalue weighted by Gasteiger charge is -1.93. The van der Waals surface area contributed by atoms with Crippen LogP contribution in [0.3, 0.4) is 0 Å². The molecule has 0 radical (unpaired) electrons. The van der Waals surface area contributed by atoms with Gasteiger partial charge in [-0.15, -0.1) is 0 Å². The second-order valence-corrected chi connectivity index (χ2v) is 2.72. The van der Waals surface area contributed by atoms with Gasteiger partial charge >= 0.3 is 5.90 Å². The molecule has 0 saturated heterocycles. The molecule has 0 aliphatic carbocycles. The summed E-state index contributed by atoms with van der Waals surface area (Å²) in [5.41, 5.74) is 0.889. The molecular formula is C9H9N2O2+. The van der Waals surface area contributed by atoms with Crippen molar-refractivity contribution in [2.24, 2.45) is 5.29 Å². The molecule has 1 heterocycles. The summed E-state index contributed by atoms with van der Waals surface area (Å²) in [5, 5.41) is 2.87. The summed E-state index contributed by atoms with van der Waals surface area (Å²) in [6.45, 7) is 1.06. The van der Waals surface area contributed by atoms with Crippen molar-refractivity contribution in [1.82, 2.24) is 0 Å². The molecule has 0 N–H and O–H groups in total. The molecule has 2 rings (SSSR count). The van der Waals surface area contributed by atoms with Gasteiger partial charge in [0, 0.05) is 0 Å². The van der Waals surface area contributed by atoms with Crippen LogP contribution in [-0.4, -0.2) is 23.7 Å². The van der Waals surface area contributed by atoms with Gasteiger partial charge in [0.2, 0.25) is 11.8 Å². The zero-order valence-electron chi connectivity index (χ0n) is 7.01. The van der Waals surface area contributed by atoms with E-state index in [1.807, 2.05) is 30.3 Å². The summed E-state index contributed by atoms with van der Waals surface area (Å²) in [7, 11) is 0. The Morgan fingerprint density at radius 1 is 1.31 bits per heavy atom. The number of nitrogens with zero attached hydrogens (tertiary/aromatic N) is 2. The Morgan fingerprint density at radius 3 is 2.77 bits per heavy atom. The van der Waals surface area contributed by atoms with Crippen molar-refractivity contribution in [1.29, 1.82) is 0 Å². The molecule has 4 heteroatoms. The summed E-state index contributed by atoms with van der Waals surface area (Å²) in [6, 6.07) is 9.48. The maximum absolute atomic E-state index is 10.4. The quantitative estimate of drug-likeness (QED) is 0.502. The van der Waals surface area contributed by atoms with Crippen LogP contribution in [0.4, 0.5) is 0 Å². The first-order valence-electron chi connectivity index (χ1n) is 4.08. The maximum Gasteiger partial charge on any atom is 0.404 e. The van der Waals surface area contributed by atoms with E-state index >= 15 is 0 Å². The third-order valence-electron chi connectivity index (χ3n) is 1.90. The van der Waals surface area contributed by atoms with Crippen LogP contribution >= 0.6 is 0 Å². The fourth-order valence-corrected chi connectivity index (χ4v) is 1.30. The summed E-state index contributed by atoms with van der Waals surface area (Å²) in [6.07, 6.45) is 0. The number of rotatable bonds is 2. The van der Waals surface area contributed by atoms with E-state index in [9.17, 15) is 4.91 Å². The third kappa shape index (κ3) is 1.42. The Labute approximate surface area is 75.4 Å². The molecule has 0 atom stereocenters. The molecule has 0 amide bonds. The van der Waals surface area contributed by atoms with Crippen LogP contribution in [0.15, 0.2) is 35.6 Å². The van der Waals surface area contributed by atoms with Gasteiger partial charge in [-0.05, 0) is 16.8 Å². The average Bonchev–Trinajstić information content (AvgIpc) is 2.67. The van der Waals surface area contributed by atoms with Crippen LogP contribution in [0.2, 0.25) is 0 Å². The van der Waals surface area contributed by atoms with Gasteiger partial charge in [0.15, 0.2) is 6.61 Å². The second kappa shape index (κ2) is 3.35. The van der Waals surface area contributed by atoms with Crippen molar-refractivity contribution in [3.8, 4) is 0 Å². The van der Waals surface area contributed by atoms with Crippen molar-refractivity contribution in [3.05, 3.63) is 40.8 Å². The van der Waals surface area contributed by atoms with Crippen molar-refractivity contribution in [2.45, 2.75) is 0 Å². The molecule has 0 saturated carbocycles. The number of hydrogen-bond donors (Lipinski definition) is 0. The fourth-order valence-electron chi connectivity index (χ4n) is 1.30. The van der Waals surface area contributed by atoms with Gasteiger partial charge in [0.25, 0.3) is 0 Å². The first-order chi connectivity index (χ1) is 6.42. The van der Waals surface area contributed by atoms with Gasteiger partial charge < -0.3 is 4.74 Å². The summed E-state index contributed by atoms with van der Waals surface area (Å²) in [5.74, 6) is 0.551. The van der Waals surface area contributed by atoms with E-state index in [0.717, 1.165) is 5.56 Å². The van der Waals surface area contributed by atoms with Crippen molar-refractivity contribution in [3.63, 3.8) is 0 Å². The Morgan fingerprint density at radius 2 is 2.08 bits per heavy atom. The lowest BCUT2D eigenvalue weighted by Crippen LogP contribution is -2.10. The second-order valence-electron chi connectivity index (χ2n) is 2.72. The Hall–Kier alpha value is -1.71. The lowest BCUT2D eigenvalue weighted by atomic mass is 10.2. The van der Waals surface area contributed by atoms with Gasteiger partial charge in [0.1, 0.15) is 0 Å². The summed E-state index contributed by atoms with van der Waals surface area (Å²) < 4.78 is 6.62. The summed E-state index contributed by atoms with van der Waals surface area (Å²) >= 11 is 0. The molecule has 1 aromatic rings.